The number of halogens is 1. The van der Waals surface area contributed by atoms with Crippen molar-refractivity contribution in [2.24, 2.45) is 5.73 Å². The van der Waals surface area contributed by atoms with Crippen molar-refractivity contribution >= 4 is 27.5 Å². The van der Waals surface area contributed by atoms with Crippen molar-refractivity contribution in [3.8, 4) is 0 Å². The number of likely N-dealkylation sites (N-methyl/N-ethyl adjacent to an activating group) is 1. The number of hydrogen-bond acceptors (Lipinski definition) is 3. The molecule has 1 heterocycles. The minimum absolute atomic E-state index is 0.0851. The molecule has 19 heavy (non-hydrogen) atoms. The van der Waals surface area contributed by atoms with Crippen LogP contribution in [0.25, 0.3) is 0 Å². The lowest BCUT2D eigenvalue weighted by Crippen LogP contribution is -2.50. The van der Waals surface area contributed by atoms with Crippen LogP contribution in [0.5, 0.6) is 0 Å². The topological polar surface area (TPSA) is 49.6 Å². The number of amides is 1. The predicted octanol–water partition coefficient (Wildman–Crippen LogP) is 1.83. The van der Waals surface area contributed by atoms with Crippen LogP contribution in [-0.4, -0.2) is 43.0 Å². The van der Waals surface area contributed by atoms with Crippen molar-refractivity contribution in [3.05, 3.63) is 28.7 Å². The molecule has 0 radical (unpaired) electrons. The van der Waals surface area contributed by atoms with Crippen molar-refractivity contribution in [2.75, 3.05) is 25.0 Å². The van der Waals surface area contributed by atoms with Gasteiger partial charge in [0.1, 0.15) is 6.04 Å². The molecule has 0 bridgehead atoms. The lowest BCUT2D eigenvalue weighted by molar-refractivity contribution is -0.122. The highest BCUT2D eigenvalue weighted by Gasteiger charge is 2.34. The van der Waals surface area contributed by atoms with E-state index in [1.54, 1.807) is 0 Å². The fourth-order valence-corrected chi connectivity index (χ4v) is 3.00. The summed E-state index contributed by atoms with van der Waals surface area (Å²) in [6.07, 6.45) is 0.945. The number of carbonyl (C=O) groups excluding carboxylic acids is 1. The monoisotopic (exact) mass is 325 g/mol. The molecule has 1 aromatic rings. The third kappa shape index (κ3) is 2.83. The van der Waals surface area contributed by atoms with Gasteiger partial charge in [0.2, 0.25) is 5.91 Å². The fourth-order valence-electron chi connectivity index (χ4n) is 2.53. The lowest BCUT2D eigenvalue weighted by Gasteiger charge is -2.30. The Morgan fingerprint density at radius 3 is 2.74 bits per heavy atom. The molecule has 2 atom stereocenters. The number of rotatable bonds is 2. The number of anilines is 1. The zero-order valence-corrected chi connectivity index (χ0v) is 12.9. The Hall–Kier alpha value is -0.910. The van der Waals surface area contributed by atoms with E-state index in [9.17, 15) is 4.79 Å². The van der Waals surface area contributed by atoms with E-state index in [4.69, 9.17) is 5.73 Å². The van der Waals surface area contributed by atoms with E-state index in [-0.39, 0.29) is 18.0 Å². The molecule has 0 aliphatic carbocycles. The van der Waals surface area contributed by atoms with Crippen molar-refractivity contribution in [2.45, 2.75) is 25.4 Å². The van der Waals surface area contributed by atoms with Crippen LogP contribution in [-0.2, 0) is 4.79 Å². The number of nitrogens with zero attached hydrogens (tertiary/aromatic N) is 2. The Labute approximate surface area is 122 Å². The van der Waals surface area contributed by atoms with Gasteiger partial charge in [-0.2, -0.15) is 0 Å². The molecule has 1 saturated heterocycles. The van der Waals surface area contributed by atoms with E-state index < -0.39 is 0 Å². The maximum Gasteiger partial charge on any atom is 0.245 e. The zero-order valence-electron chi connectivity index (χ0n) is 11.3. The fraction of sp³-hybridized carbons (Fsp3) is 0.500. The molecule has 0 spiro atoms. The SMILES string of the molecule is CC1CCN(C)C(CN)C(=O)N1c1ccccc1Br. The first kappa shape index (κ1) is 14.5. The van der Waals surface area contributed by atoms with Crippen LogP contribution in [0.15, 0.2) is 28.7 Å². The molecule has 0 aromatic heterocycles. The second kappa shape index (κ2) is 6.03. The average Bonchev–Trinajstić information content (AvgIpc) is 2.49. The van der Waals surface area contributed by atoms with Crippen LogP contribution >= 0.6 is 15.9 Å². The normalized spacial score (nSPS) is 25.5. The first-order valence-electron chi connectivity index (χ1n) is 6.54. The van der Waals surface area contributed by atoms with Crippen LogP contribution < -0.4 is 10.6 Å². The standard InChI is InChI=1S/C14H20BrN3O/c1-10-7-8-17(2)13(9-16)14(19)18(10)12-6-4-3-5-11(12)15/h3-6,10,13H,7-9,16H2,1-2H3. The molecule has 2 N–H and O–H groups in total. The number of nitrogens with two attached hydrogens (primary N) is 1. The maximum atomic E-state index is 12.7. The van der Waals surface area contributed by atoms with Gasteiger partial charge in [-0.3, -0.25) is 9.69 Å². The van der Waals surface area contributed by atoms with E-state index in [0.717, 1.165) is 23.1 Å². The average molecular weight is 326 g/mol. The Morgan fingerprint density at radius 1 is 1.42 bits per heavy atom. The summed E-state index contributed by atoms with van der Waals surface area (Å²) in [5, 5.41) is 0. The second-order valence-corrected chi connectivity index (χ2v) is 5.88. The number of benzene rings is 1. The minimum atomic E-state index is -0.239. The van der Waals surface area contributed by atoms with Crippen LogP contribution in [0.1, 0.15) is 13.3 Å². The summed E-state index contributed by atoms with van der Waals surface area (Å²) in [4.78, 5) is 16.7. The minimum Gasteiger partial charge on any atom is -0.328 e. The molecule has 1 aliphatic heterocycles. The third-order valence-corrected chi connectivity index (χ3v) is 4.40. The summed E-state index contributed by atoms with van der Waals surface area (Å²) in [5.74, 6) is 0.0851. The summed E-state index contributed by atoms with van der Waals surface area (Å²) in [7, 11) is 1.96. The zero-order chi connectivity index (χ0) is 14.0. The maximum absolute atomic E-state index is 12.7. The van der Waals surface area contributed by atoms with Gasteiger partial charge in [0, 0.05) is 23.6 Å². The van der Waals surface area contributed by atoms with Crippen LogP contribution in [0.3, 0.4) is 0 Å². The molecule has 104 valence electrons. The Morgan fingerprint density at radius 2 is 2.11 bits per heavy atom. The molecule has 5 heteroatoms. The van der Waals surface area contributed by atoms with E-state index >= 15 is 0 Å². The van der Waals surface area contributed by atoms with E-state index in [2.05, 4.69) is 27.8 Å². The molecule has 1 aliphatic rings. The highest BCUT2D eigenvalue weighted by molar-refractivity contribution is 9.10. The van der Waals surface area contributed by atoms with Gasteiger partial charge < -0.3 is 10.6 Å². The third-order valence-electron chi connectivity index (χ3n) is 3.73. The first-order valence-corrected chi connectivity index (χ1v) is 7.33. The smallest absolute Gasteiger partial charge is 0.245 e. The van der Waals surface area contributed by atoms with Crippen molar-refractivity contribution in [3.63, 3.8) is 0 Å². The quantitative estimate of drug-likeness (QED) is 0.902. The van der Waals surface area contributed by atoms with Crippen molar-refractivity contribution < 1.29 is 4.79 Å². The molecule has 2 rings (SSSR count). The molecule has 4 nitrogen and oxygen atoms in total. The first-order chi connectivity index (χ1) is 9.06. The Balaban J connectivity index is 2.41. The van der Waals surface area contributed by atoms with E-state index in [1.165, 1.54) is 0 Å². The summed E-state index contributed by atoms with van der Waals surface area (Å²) < 4.78 is 0.940. The van der Waals surface area contributed by atoms with Crippen molar-refractivity contribution in [1.82, 2.24) is 4.90 Å². The van der Waals surface area contributed by atoms with Gasteiger partial charge in [0.05, 0.1) is 5.69 Å². The molecule has 1 amide bonds. The van der Waals surface area contributed by atoms with Crippen molar-refractivity contribution in [1.29, 1.82) is 0 Å². The van der Waals surface area contributed by atoms with Gasteiger partial charge in [-0.15, -0.1) is 0 Å². The van der Waals surface area contributed by atoms with Gasteiger partial charge in [0.25, 0.3) is 0 Å². The molecule has 1 fully saturated rings. The van der Waals surface area contributed by atoms with E-state index in [0.29, 0.717) is 6.54 Å². The molecule has 2 unspecified atom stereocenters. The largest absolute Gasteiger partial charge is 0.328 e. The van der Waals surface area contributed by atoms with Crippen LogP contribution in [0.4, 0.5) is 5.69 Å². The lowest BCUT2D eigenvalue weighted by atomic mass is 10.1. The summed E-state index contributed by atoms with van der Waals surface area (Å²) in [6.45, 7) is 3.32. The van der Waals surface area contributed by atoms with Gasteiger partial charge in [0.15, 0.2) is 0 Å². The summed E-state index contributed by atoms with van der Waals surface area (Å²) >= 11 is 3.53. The van der Waals surface area contributed by atoms with Gasteiger partial charge >= 0.3 is 0 Å². The highest BCUT2D eigenvalue weighted by Crippen LogP contribution is 2.30. The Kier molecular flexibility index (Phi) is 4.60. The predicted molar refractivity (Wildman–Crippen MR) is 81.2 cm³/mol. The molecule has 1 aromatic carbocycles. The molecular formula is C14H20BrN3O. The molecular weight excluding hydrogens is 306 g/mol. The van der Waals surface area contributed by atoms with Crippen LogP contribution in [0.2, 0.25) is 0 Å². The summed E-state index contributed by atoms with van der Waals surface area (Å²) in [5.41, 5.74) is 6.70. The Bertz CT molecular complexity index is 466. The van der Waals surface area contributed by atoms with Gasteiger partial charge in [-0.25, -0.2) is 0 Å². The summed E-state index contributed by atoms with van der Waals surface area (Å²) in [6, 6.07) is 7.76. The number of para-hydroxylation sites is 1. The molecule has 0 saturated carbocycles. The van der Waals surface area contributed by atoms with Crippen LogP contribution in [0, 0.1) is 0 Å². The highest BCUT2D eigenvalue weighted by atomic mass is 79.9. The number of hydrogen-bond donors (Lipinski definition) is 1. The van der Waals surface area contributed by atoms with Gasteiger partial charge in [-0.1, -0.05) is 12.1 Å². The van der Waals surface area contributed by atoms with E-state index in [1.807, 2.05) is 36.2 Å². The second-order valence-electron chi connectivity index (χ2n) is 5.03. The number of carbonyl (C=O) groups is 1. The van der Waals surface area contributed by atoms with Gasteiger partial charge in [-0.05, 0) is 48.5 Å².